The number of aromatic nitrogens is 3. The molecule has 0 radical (unpaired) electrons. The van der Waals surface area contributed by atoms with Crippen LogP contribution in [0.25, 0.3) is 16.4 Å². The van der Waals surface area contributed by atoms with E-state index in [2.05, 4.69) is 10.2 Å². The molecule has 0 N–H and O–H groups in total. The summed E-state index contributed by atoms with van der Waals surface area (Å²) in [5.41, 5.74) is 1.81. The number of benzene rings is 2. The lowest BCUT2D eigenvalue weighted by Crippen LogP contribution is -2.29. The topological polar surface area (TPSA) is 68.1 Å². The summed E-state index contributed by atoms with van der Waals surface area (Å²) in [6, 6.07) is 20.7. The molecule has 8 heteroatoms. The van der Waals surface area contributed by atoms with E-state index in [0.717, 1.165) is 16.4 Å². The third-order valence-electron chi connectivity index (χ3n) is 4.59. The van der Waals surface area contributed by atoms with Gasteiger partial charge in [-0.3, -0.25) is 19.1 Å². The Morgan fingerprint density at radius 2 is 1.52 bits per heavy atom. The van der Waals surface area contributed by atoms with Gasteiger partial charge in [0.25, 0.3) is 11.8 Å². The average molecular weight is 419 g/mol. The fraction of sp³-hybridized carbons (Fsp3) is 0.0476. The van der Waals surface area contributed by atoms with E-state index in [9.17, 15) is 9.59 Å². The Hall–Kier alpha value is -3.23. The SMILES string of the molecule is O=C1c2ccccc2C(=O)N1CSc1nnc(-c2cccs2)n1-c1ccccc1. The number of thioether (sulfide) groups is 1. The zero-order valence-corrected chi connectivity index (χ0v) is 16.7. The van der Waals surface area contributed by atoms with E-state index in [-0.39, 0.29) is 17.7 Å². The van der Waals surface area contributed by atoms with Crippen LogP contribution in [0.1, 0.15) is 20.7 Å². The van der Waals surface area contributed by atoms with Crippen LogP contribution in [0.5, 0.6) is 0 Å². The van der Waals surface area contributed by atoms with E-state index in [1.165, 1.54) is 16.7 Å². The van der Waals surface area contributed by atoms with E-state index in [1.54, 1.807) is 35.6 Å². The highest BCUT2D eigenvalue weighted by Crippen LogP contribution is 2.32. The molecule has 0 saturated carbocycles. The largest absolute Gasteiger partial charge is 0.269 e. The van der Waals surface area contributed by atoms with Crippen molar-refractivity contribution in [3.05, 3.63) is 83.2 Å². The summed E-state index contributed by atoms with van der Waals surface area (Å²) in [7, 11) is 0. The van der Waals surface area contributed by atoms with E-state index in [1.807, 2.05) is 52.4 Å². The van der Waals surface area contributed by atoms with Gasteiger partial charge < -0.3 is 0 Å². The Morgan fingerprint density at radius 1 is 0.828 bits per heavy atom. The molecule has 0 unspecified atom stereocenters. The molecule has 0 saturated heterocycles. The lowest BCUT2D eigenvalue weighted by molar-refractivity contribution is 0.0684. The van der Waals surface area contributed by atoms with Crippen LogP contribution < -0.4 is 0 Å². The number of hydrogen-bond donors (Lipinski definition) is 0. The van der Waals surface area contributed by atoms with Gasteiger partial charge in [-0.2, -0.15) is 0 Å². The minimum atomic E-state index is -0.276. The number of hydrogen-bond acceptors (Lipinski definition) is 6. The third-order valence-corrected chi connectivity index (χ3v) is 6.37. The molecule has 5 rings (SSSR count). The number of carbonyl (C=O) groups is 2. The molecule has 0 spiro atoms. The van der Waals surface area contributed by atoms with E-state index >= 15 is 0 Å². The molecular weight excluding hydrogens is 404 g/mol. The molecule has 3 heterocycles. The Morgan fingerprint density at radius 3 is 2.17 bits per heavy atom. The number of rotatable bonds is 5. The summed E-state index contributed by atoms with van der Waals surface area (Å²) in [6.07, 6.45) is 0. The number of nitrogens with zero attached hydrogens (tertiary/aromatic N) is 4. The van der Waals surface area contributed by atoms with Crippen molar-refractivity contribution < 1.29 is 9.59 Å². The minimum absolute atomic E-state index is 0.168. The first-order valence-electron chi connectivity index (χ1n) is 8.87. The molecule has 0 fully saturated rings. The number of fused-ring (bicyclic) bond motifs is 1. The summed E-state index contributed by atoms with van der Waals surface area (Å²) in [5, 5.41) is 11.3. The number of amides is 2. The second-order valence-corrected chi connectivity index (χ2v) is 8.17. The van der Waals surface area contributed by atoms with Crippen LogP contribution in [-0.4, -0.2) is 37.4 Å². The molecule has 2 aromatic carbocycles. The van der Waals surface area contributed by atoms with Gasteiger partial charge in [0.1, 0.15) is 0 Å². The monoisotopic (exact) mass is 418 g/mol. The van der Waals surface area contributed by atoms with Crippen LogP contribution in [0.15, 0.2) is 77.3 Å². The first kappa shape index (κ1) is 17.8. The Kier molecular flexibility index (Phi) is 4.49. The highest BCUT2D eigenvalue weighted by Gasteiger charge is 2.35. The van der Waals surface area contributed by atoms with Crippen LogP contribution in [0.2, 0.25) is 0 Å². The predicted molar refractivity (Wildman–Crippen MR) is 112 cm³/mol. The van der Waals surface area contributed by atoms with Crippen molar-refractivity contribution in [3.63, 3.8) is 0 Å². The van der Waals surface area contributed by atoms with Crippen LogP contribution in [0.4, 0.5) is 0 Å². The maximum atomic E-state index is 12.6. The summed E-state index contributed by atoms with van der Waals surface area (Å²) in [6.45, 7) is 0. The lowest BCUT2D eigenvalue weighted by Gasteiger charge is -2.14. The number of imide groups is 1. The van der Waals surface area contributed by atoms with Crippen molar-refractivity contribution in [2.24, 2.45) is 0 Å². The normalized spacial score (nSPS) is 13.2. The Labute approximate surface area is 174 Å². The molecule has 1 aliphatic rings. The maximum Gasteiger partial charge on any atom is 0.262 e. The van der Waals surface area contributed by atoms with Crippen molar-refractivity contribution in [1.29, 1.82) is 0 Å². The molecule has 6 nitrogen and oxygen atoms in total. The molecule has 142 valence electrons. The van der Waals surface area contributed by atoms with Gasteiger partial charge in [0, 0.05) is 5.69 Å². The second-order valence-electron chi connectivity index (χ2n) is 6.31. The van der Waals surface area contributed by atoms with Crippen molar-refractivity contribution in [2.45, 2.75) is 5.16 Å². The molecule has 0 bridgehead atoms. The molecular formula is C21H14N4O2S2. The highest BCUT2D eigenvalue weighted by molar-refractivity contribution is 7.99. The van der Waals surface area contributed by atoms with Crippen molar-refractivity contribution in [1.82, 2.24) is 19.7 Å². The fourth-order valence-electron chi connectivity index (χ4n) is 3.22. The Bertz CT molecular complexity index is 1170. The van der Waals surface area contributed by atoms with Crippen LogP contribution in [-0.2, 0) is 0 Å². The first-order chi connectivity index (χ1) is 14.2. The van der Waals surface area contributed by atoms with E-state index < -0.39 is 0 Å². The molecule has 0 atom stereocenters. The van der Waals surface area contributed by atoms with Crippen LogP contribution in [0.3, 0.4) is 0 Å². The van der Waals surface area contributed by atoms with E-state index in [0.29, 0.717) is 16.3 Å². The smallest absolute Gasteiger partial charge is 0.262 e. The minimum Gasteiger partial charge on any atom is -0.269 e. The van der Waals surface area contributed by atoms with Gasteiger partial charge >= 0.3 is 0 Å². The lowest BCUT2D eigenvalue weighted by atomic mass is 10.1. The zero-order chi connectivity index (χ0) is 19.8. The van der Waals surface area contributed by atoms with Gasteiger partial charge in [-0.15, -0.1) is 21.5 Å². The van der Waals surface area contributed by atoms with Gasteiger partial charge in [-0.05, 0) is 35.7 Å². The van der Waals surface area contributed by atoms with Gasteiger partial charge in [-0.25, -0.2) is 0 Å². The molecule has 1 aliphatic heterocycles. The maximum absolute atomic E-state index is 12.6. The second kappa shape index (κ2) is 7.31. The fourth-order valence-corrected chi connectivity index (χ4v) is 4.81. The standard InChI is InChI=1S/C21H14N4O2S2/c26-19-15-9-4-5-10-16(15)20(27)24(19)13-29-21-23-22-18(17-11-6-12-28-17)25(21)14-7-2-1-3-8-14/h1-12H,13H2. The van der Waals surface area contributed by atoms with E-state index in [4.69, 9.17) is 0 Å². The van der Waals surface area contributed by atoms with Crippen molar-refractivity contribution in [2.75, 3.05) is 5.88 Å². The number of para-hydroxylation sites is 1. The summed E-state index contributed by atoms with van der Waals surface area (Å²) >= 11 is 2.90. The van der Waals surface area contributed by atoms with Crippen molar-refractivity contribution in [3.8, 4) is 16.4 Å². The first-order valence-corrected chi connectivity index (χ1v) is 10.7. The zero-order valence-electron chi connectivity index (χ0n) is 15.1. The summed E-state index contributed by atoms with van der Waals surface area (Å²) in [5.74, 6) is 0.350. The summed E-state index contributed by atoms with van der Waals surface area (Å²) in [4.78, 5) is 27.5. The van der Waals surface area contributed by atoms with Crippen LogP contribution >= 0.6 is 23.1 Å². The number of thiophene rings is 1. The van der Waals surface area contributed by atoms with Crippen molar-refractivity contribution >= 4 is 34.9 Å². The summed E-state index contributed by atoms with van der Waals surface area (Å²) < 4.78 is 1.95. The number of carbonyl (C=O) groups excluding carboxylic acids is 2. The van der Waals surface area contributed by atoms with Gasteiger partial charge in [0.05, 0.1) is 21.9 Å². The molecule has 29 heavy (non-hydrogen) atoms. The molecule has 0 aliphatic carbocycles. The highest BCUT2D eigenvalue weighted by atomic mass is 32.2. The molecule has 2 aromatic heterocycles. The predicted octanol–water partition coefficient (Wildman–Crippen LogP) is 4.34. The Balaban J connectivity index is 1.47. The quantitative estimate of drug-likeness (QED) is 0.356. The van der Waals surface area contributed by atoms with Gasteiger partial charge in [-0.1, -0.05) is 48.2 Å². The van der Waals surface area contributed by atoms with Crippen LogP contribution in [0, 0.1) is 0 Å². The molecule has 4 aromatic rings. The third kappa shape index (κ3) is 3.06. The van der Waals surface area contributed by atoms with Gasteiger partial charge in [0.2, 0.25) is 0 Å². The van der Waals surface area contributed by atoms with Gasteiger partial charge in [0.15, 0.2) is 11.0 Å². The average Bonchev–Trinajstić information content (AvgIpc) is 3.48. The molecule has 2 amide bonds.